The van der Waals surface area contributed by atoms with Gasteiger partial charge in [-0.05, 0) is 62.0 Å². The van der Waals surface area contributed by atoms with Crippen molar-refractivity contribution in [2.45, 2.75) is 0 Å². The van der Waals surface area contributed by atoms with Gasteiger partial charge >= 0.3 is 0 Å². The van der Waals surface area contributed by atoms with Gasteiger partial charge in [-0.25, -0.2) is 15.0 Å². The number of fused-ring (bicyclic) bond motifs is 6. The van der Waals surface area contributed by atoms with Crippen LogP contribution in [0.3, 0.4) is 0 Å². The van der Waals surface area contributed by atoms with Crippen LogP contribution >= 0.6 is 0 Å². The molecule has 0 fully saturated rings. The summed E-state index contributed by atoms with van der Waals surface area (Å²) >= 11 is 0. The van der Waals surface area contributed by atoms with Gasteiger partial charge in [-0.3, -0.25) is 0 Å². The summed E-state index contributed by atoms with van der Waals surface area (Å²) in [6, 6.07) is 61.1. The molecule has 51 heavy (non-hydrogen) atoms. The predicted octanol–water partition coefficient (Wildman–Crippen LogP) is 12.4. The van der Waals surface area contributed by atoms with Gasteiger partial charge in [0.15, 0.2) is 17.5 Å². The van der Waals surface area contributed by atoms with Gasteiger partial charge in [0.05, 0.1) is 5.56 Å². The number of aromatic nitrogens is 3. The second kappa shape index (κ2) is 11.9. The van der Waals surface area contributed by atoms with E-state index in [4.69, 9.17) is 19.4 Å². The molecule has 8 aromatic carbocycles. The molecule has 0 radical (unpaired) electrons. The van der Waals surface area contributed by atoms with E-state index >= 15 is 0 Å². The molecule has 0 unspecified atom stereocenters. The molecular weight excluding hydrogens is 623 g/mol. The molecule has 4 heteroatoms. The van der Waals surface area contributed by atoms with Crippen molar-refractivity contribution < 1.29 is 4.42 Å². The third kappa shape index (κ3) is 5.04. The van der Waals surface area contributed by atoms with Crippen LogP contribution < -0.4 is 0 Å². The Labute approximate surface area is 294 Å². The molecule has 0 saturated carbocycles. The van der Waals surface area contributed by atoms with E-state index < -0.39 is 0 Å². The van der Waals surface area contributed by atoms with Gasteiger partial charge in [-0.15, -0.1) is 0 Å². The lowest BCUT2D eigenvalue weighted by molar-refractivity contribution is 0.669. The van der Waals surface area contributed by atoms with Crippen molar-refractivity contribution in [3.05, 3.63) is 176 Å². The summed E-state index contributed by atoms with van der Waals surface area (Å²) in [4.78, 5) is 14.9. The molecule has 10 aromatic rings. The molecule has 10 rings (SSSR count). The first kappa shape index (κ1) is 29.0. The van der Waals surface area contributed by atoms with E-state index in [1.165, 1.54) is 32.7 Å². The molecule has 0 saturated heterocycles. The van der Waals surface area contributed by atoms with Crippen molar-refractivity contribution in [3.8, 4) is 56.4 Å². The standard InChI is InChI=1S/C47H29N3O/c1-3-12-33(13-4-1)45-48-46(34-14-5-2-6-15-34)50-47(49-45)41-28-27-39(43-40-17-9-10-18-42(40)51-44(41)43)32-21-19-30(20-22-32)35-25-26-38-36(29-35)24-23-31-11-7-8-16-37(31)38/h1-29H. The lowest BCUT2D eigenvalue weighted by Gasteiger charge is -2.11. The summed E-state index contributed by atoms with van der Waals surface area (Å²) in [5, 5.41) is 7.14. The average Bonchev–Trinajstić information content (AvgIpc) is 3.61. The third-order valence-corrected chi connectivity index (χ3v) is 9.74. The van der Waals surface area contributed by atoms with Crippen LogP contribution in [-0.2, 0) is 0 Å². The first-order valence-electron chi connectivity index (χ1n) is 17.1. The molecule has 4 nitrogen and oxygen atoms in total. The van der Waals surface area contributed by atoms with E-state index in [1.807, 2.05) is 72.8 Å². The molecule has 2 aromatic heterocycles. The van der Waals surface area contributed by atoms with Crippen LogP contribution in [0.2, 0.25) is 0 Å². The summed E-state index contributed by atoms with van der Waals surface area (Å²) in [7, 11) is 0. The fourth-order valence-corrected chi connectivity index (χ4v) is 7.21. The van der Waals surface area contributed by atoms with Crippen molar-refractivity contribution in [1.29, 1.82) is 0 Å². The highest BCUT2D eigenvalue weighted by atomic mass is 16.3. The highest BCUT2D eigenvalue weighted by molar-refractivity contribution is 6.16. The molecule has 0 N–H and O–H groups in total. The Morgan fingerprint density at radius 2 is 0.882 bits per heavy atom. The molecule has 238 valence electrons. The minimum Gasteiger partial charge on any atom is -0.455 e. The zero-order valence-corrected chi connectivity index (χ0v) is 27.5. The monoisotopic (exact) mass is 651 g/mol. The molecular formula is C47H29N3O. The molecule has 2 heterocycles. The van der Waals surface area contributed by atoms with Crippen molar-refractivity contribution >= 4 is 43.5 Å². The summed E-state index contributed by atoms with van der Waals surface area (Å²) in [6.45, 7) is 0. The van der Waals surface area contributed by atoms with E-state index in [2.05, 4.69) is 103 Å². The molecule has 0 aliphatic heterocycles. The Balaban J connectivity index is 1.11. The van der Waals surface area contributed by atoms with Crippen molar-refractivity contribution in [2.24, 2.45) is 0 Å². The fourth-order valence-electron chi connectivity index (χ4n) is 7.21. The van der Waals surface area contributed by atoms with Gasteiger partial charge in [0.25, 0.3) is 0 Å². The van der Waals surface area contributed by atoms with Gasteiger partial charge < -0.3 is 4.42 Å². The van der Waals surface area contributed by atoms with Crippen LogP contribution in [0.5, 0.6) is 0 Å². The quantitative estimate of drug-likeness (QED) is 0.174. The third-order valence-electron chi connectivity index (χ3n) is 9.74. The summed E-state index contributed by atoms with van der Waals surface area (Å²) < 4.78 is 6.66. The summed E-state index contributed by atoms with van der Waals surface area (Å²) in [5.41, 5.74) is 8.82. The van der Waals surface area contributed by atoms with E-state index in [-0.39, 0.29) is 0 Å². The zero-order chi connectivity index (χ0) is 33.7. The minimum absolute atomic E-state index is 0.567. The normalized spacial score (nSPS) is 11.5. The Bertz CT molecular complexity index is 2840. The Morgan fingerprint density at radius 3 is 1.63 bits per heavy atom. The lowest BCUT2D eigenvalue weighted by atomic mass is 9.94. The van der Waals surface area contributed by atoms with Crippen molar-refractivity contribution in [2.75, 3.05) is 0 Å². The first-order valence-corrected chi connectivity index (χ1v) is 17.1. The molecule has 0 aliphatic rings. The maximum atomic E-state index is 6.66. The van der Waals surface area contributed by atoms with Crippen LogP contribution in [-0.4, -0.2) is 15.0 Å². The second-order valence-electron chi connectivity index (χ2n) is 12.8. The Hall–Kier alpha value is -6.91. The van der Waals surface area contributed by atoms with Crippen LogP contribution in [0.15, 0.2) is 180 Å². The Morgan fingerprint density at radius 1 is 0.333 bits per heavy atom. The highest BCUT2D eigenvalue weighted by Gasteiger charge is 2.20. The maximum Gasteiger partial charge on any atom is 0.167 e. The van der Waals surface area contributed by atoms with Crippen molar-refractivity contribution in [3.63, 3.8) is 0 Å². The van der Waals surface area contributed by atoms with Gasteiger partial charge in [-0.2, -0.15) is 0 Å². The molecule has 0 amide bonds. The number of hydrogen-bond acceptors (Lipinski definition) is 4. The summed E-state index contributed by atoms with van der Waals surface area (Å²) in [5.74, 6) is 1.80. The largest absolute Gasteiger partial charge is 0.455 e. The SMILES string of the molecule is c1ccc(-c2nc(-c3ccccc3)nc(-c3ccc(-c4ccc(-c5ccc6c(ccc7ccccc76)c5)cc4)c4c3oc3ccccc34)n2)cc1. The first-order chi connectivity index (χ1) is 25.3. The Kier molecular flexibility index (Phi) is 6.78. The lowest BCUT2D eigenvalue weighted by Crippen LogP contribution is -2.00. The van der Waals surface area contributed by atoms with E-state index in [0.717, 1.165) is 49.8 Å². The second-order valence-corrected chi connectivity index (χ2v) is 12.8. The number of benzene rings is 8. The molecule has 0 bridgehead atoms. The van der Waals surface area contributed by atoms with Gasteiger partial charge in [0.2, 0.25) is 0 Å². The van der Waals surface area contributed by atoms with Crippen molar-refractivity contribution in [1.82, 2.24) is 15.0 Å². The molecule has 0 atom stereocenters. The van der Waals surface area contributed by atoms with Crippen LogP contribution in [0.4, 0.5) is 0 Å². The molecule has 0 aliphatic carbocycles. The topological polar surface area (TPSA) is 51.8 Å². The van der Waals surface area contributed by atoms with E-state index in [1.54, 1.807) is 0 Å². The average molecular weight is 652 g/mol. The fraction of sp³-hybridized carbons (Fsp3) is 0. The van der Waals surface area contributed by atoms with E-state index in [9.17, 15) is 0 Å². The number of furan rings is 1. The zero-order valence-electron chi connectivity index (χ0n) is 27.5. The number of rotatable bonds is 5. The predicted molar refractivity (Wildman–Crippen MR) is 209 cm³/mol. The number of hydrogen-bond donors (Lipinski definition) is 0. The van der Waals surface area contributed by atoms with Gasteiger partial charge in [-0.1, -0.05) is 158 Å². The van der Waals surface area contributed by atoms with Crippen LogP contribution in [0.1, 0.15) is 0 Å². The van der Waals surface area contributed by atoms with Gasteiger partial charge in [0, 0.05) is 21.9 Å². The number of nitrogens with zero attached hydrogens (tertiary/aromatic N) is 3. The minimum atomic E-state index is 0.567. The van der Waals surface area contributed by atoms with Gasteiger partial charge in [0.1, 0.15) is 11.2 Å². The summed E-state index contributed by atoms with van der Waals surface area (Å²) in [6.07, 6.45) is 0. The van der Waals surface area contributed by atoms with E-state index in [0.29, 0.717) is 17.5 Å². The maximum absolute atomic E-state index is 6.66. The molecule has 0 spiro atoms. The smallest absolute Gasteiger partial charge is 0.167 e. The number of para-hydroxylation sites is 1. The highest BCUT2D eigenvalue weighted by Crippen LogP contribution is 2.42. The van der Waals surface area contributed by atoms with Crippen LogP contribution in [0.25, 0.3) is 99.9 Å². The van der Waals surface area contributed by atoms with Crippen LogP contribution in [0, 0.1) is 0 Å².